The van der Waals surface area contributed by atoms with E-state index in [1.54, 1.807) is 18.2 Å². The maximum atomic E-state index is 12.8. The largest absolute Gasteiger partial charge is 0.467 e. The van der Waals surface area contributed by atoms with Crippen molar-refractivity contribution in [2.75, 3.05) is 13.6 Å². The Kier molecular flexibility index (Phi) is 2.86. The summed E-state index contributed by atoms with van der Waals surface area (Å²) in [6.45, 7) is 0.0993. The number of nitrogens with zero attached hydrogens (tertiary/aromatic N) is 2. The summed E-state index contributed by atoms with van der Waals surface area (Å²) in [6, 6.07) is 10.8. The number of benzene rings is 1. The third-order valence-electron chi connectivity index (χ3n) is 5.27. The van der Waals surface area contributed by atoms with Crippen molar-refractivity contribution in [2.24, 2.45) is 0 Å². The number of rotatable bonds is 1. The van der Waals surface area contributed by atoms with Crippen LogP contribution in [0.4, 0.5) is 0 Å². The summed E-state index contributed by atoms with van der Waals surface area (Å²) >= 11 is 0. The van der Waals surface area contributed by atoms with Crippen LogP contribution in [-0.4, -0.2) is 46.2 Å². The molecule has 0 aliphatic carbocycles. The predicted molar refractivity (Wildman–Crippen MR) is 90.8 cm³/mol. The highest BCUT2D eigenvalue weighted by Gasteiger charge is 2.48. The second-order valence-corrected chi connectivity index (χ2v) is 6.70. The van der Waals surface area contributed by atoms with E-state index < -0.39 is 12.1 Å². The van der Waals surface area contributed by atoms with E-state index in [-0.39, 0.29) is 18.4 Å². The highest BCUT2D eigenvalue weighted by Crippen LogP contribution is 2.42. The summed E-state index contributed by atoms with van der Waals surface area (Å²) in [5.74, 6) is 0.591. The number of fused-ring (bicyclic) bond motifs is 4. The maximum Gasteiger partial charge on any atom is 0.245 e. The molecule has 1 N–H and O–H groups in total. The van der Waals surface area contributed by atoms with Crippen LogP contribution in [0.5, 0.6) is 0 Å². The van der Waals surface area contributed by atoms with E-state index in [1.807, 2.05) is 30.3 Å². The molecule has 4 heterocycles. The Morgan fingerprint density at radius 3 is 2.80 bits per heavy atom. The Hall–Kier alpha value is -3.02. The van der Waals surface area contributed by atoms with E-state index in [9.17, 15) is 9.59 Å². The number of aromatic nitrogens is 1. The topological polar surface area (TPSA) is 69.6 Å². The predicted octanol–water partition coefficient (Wildman–Crippen LogP) is 2.08. The minimum absolute atomic E-state index is 0.0212. The lowest BCUT2D eigenvalue weighted by molar-refractivity contribution is -0.157. The molecule has 1 fully saturated rings. The standard InChI is InChI=1S/C19H17N3O3/c1-21-10-16(23)22-14(19(21)24)9-12-11-5-2-3-6-13(11)20-17(12)18(22)15-7-4-8-25-15/h2-8,14,18,20H,9-10H2,1H3/t14-,18-/m1/s1. The smallest absolute Gasteiger partial charge is 0.245 e. The maximum absolute atomic E-state index is 12.8. The molecule has 25 heavy (non-hydrogen) atoms. The van der Waals surface area contributed by atoms with Gasteiger partial charge in [-0.05, 0) is 23.8 Å². The van der Waals surface area contributed by atoms with Crippen LogP contribution in [0.3, 0.4) is 0 Å². The number of furan rings is 1. The summed E-state index contributed by atoms with van der Waals surface area (Å²) in [4.78, 5) is 32.2. The molecule has 126 valence electrons. The summed E-state index contributed by atoms with van der Waals surface area (Å²) in [6.07, 6.45) is 2.12. The Bertz CT molecular complexity index is 989. The molecule has 0 unspecified atom stereocenters. The number of carbonyl (C=O) groups is 2. The number of piperazine rings is 1. The Labute approximate surface area is 144 Å². The van der Waals surface area contributed by atoms with E-state index in [0.29, 0.717) is 12.2 Å². The van der Waals surface area contributed by atoms with Crippen LogP contribution in [0.25, 0.3) is 10.9 Å². The van der Waals surface area contributed by atoms with E-state index in [4.69, 9.17) is 4.42 Å². The quantitative estimate of drug-likeness (QED) is 0.740. The van der Waals surface area contributed by atoms with Crippen LogP contribution in [-0.2, 0) is 16.0 Å². The minimum Gasteiger partial charge on any atom is -0.467 e. The van der Waals surface area contributed by atoms with Gasteiger partial charge in [0.25, 0.3) is 0 Å². The molecule has 3 aromatic rings. The van der Waals surface area contributed by atoms with Crippen molar-refractivity contribution in [3.05, 3.63) is 59.7 Å². The number of hydrogen-bond donors (Lipinski definition) is 1. The summed E-state index contributed by atoms with van der Waals surface area (Å²) in [7, 11) is 1.68. The molecular formula is C19H17N3O3. The van der Waals surface area contributed by atoms with Gasteiger partial charge in [0.05, 0.1) is 18.5 Å². The number of H-pyrrole nitrogens is 1. The first-order valence-electron chi connectivity index (χ1n) is 8.34. The number of carbonyl (C=O) groups excluding carboxylic acids is 2. The van der Waals surface area contributed by atoms with E-state index in [2.05, 4.69) is 11.1 Å². The summed E-state index contributed by atoms with van der Waals surface area (Å²) in [5, 5.41) is 1.10. The van der Waals surface area contributed by atoms with Crippen molar-refractivity contribution < 1.29 is 14.0 Å². The first kappa shape index (κ1) is 14.3. The number of hydrogen-bond acceptors (Lipinski definition) is 3. The fourth-order valence-corrected chi connectivity index (χ4v) is 4.15. The molecule has 2 aliphatic rings. The molecule has 0 bridgehead atoms. The molecule has 2 atom stereocenters. The van der Waals surface area contributed by atoms with Crippen molar-refractivity contribution in [1.29, 1.82) is 0 Å². The second-order valence-electron chi connectivity index (χ2n) is 6.70. The molecule has 2 aromatic heterocycles. The fraction of sp³-hybridized carbons (Fsp3) is 0.263. The van der Waals surface area contributed by atoms with Gasteiger partial charge in [-0.2, -0.15) is 0 Å². The highest BCUT2D eigenvalue weighted by molar-refractivity contribution is 5.97. The van der Waals surface area contributed by atoms with Gasteiger partial charge in [-0.25, -0.2) is 0 Å². The third kappa shape index (κ3) is 1.91. The SMILES string of the molecule is CN1CC(=O)N2[C@H](c3ccco3)c3[nH]c4ccccc4c3C[C@@H]2C1=O. The lowest BCUT2D eigenvalue weighted by Crippen LogP contribution is -2.62. The van der Waals surface area contributed by atoms with Gasteiger partial charge in [-0.3, -0.25) is 9.59 Å². The van der Waals surface area contributed by atoms with Gasteiger partial charge >= 0.3 is 0 Å². The summed E-state index contributed by atoms with van der Waals surface area (Å²) < 4.78 is 5.65. The molecule has 0 radical (unpaired) electrons. The van der Waals surface area contributed by atoms with Gasteiger partial charge in [-0.15, -0.1) is 0 Å². The monoisotopic (exact) mass is 335 g/mol. The van der Waals surface area contributed by atoms with Crippen LogP contribution in [0.1, 0.15) is 23.1 Å². The lowest BCUT2D eigenvalue weighted by Gasteiger charge is -2.45. The first-order valence-corrected chi connectivity index (χ1v) is 8.34. The fourth-order valence-electron chi connectivity index (χ4n) is 4.15. The summed E-state index contributed by atoms with van der Waals surface area (Å²) in [5.41, 5.74) is 3.05. The van der Waals surface area contributed by atoms with Gasteiger partial charge in [-0.1, -0.05) is 18.2 Å². The average Bonchev–Trinajstić information content (AvgIpc) is 3.25. The number of aromatic amines is 1. The van der Waals surface area contributed by atoms with Crippen LogP contribution in [0.2, 0.25) is 0 Å². The molecular weight excluding hydrogens is 318 g/mol. The molecule has 5 rings (SSSR count). The van der Waals surface area contributed by atoms with E-state index in [0.717, 1.165) is 22.2 Å². The van der Waals surface area contributed by atoms with Crippen molar-refractivity contribution in [1.82, 2.24) is 14.8 Å². The Morgan fingerprint density at radius 1 is 1.16 bits per heavy atom. The zero-order valence-corrected chi connectivity index (χ0v) is 13.7. The van der Waals surface area contributed by atoms with Crippen LogP contribution < -0.4 is 0 Å². The second kappa shape index (κ2) is 4.99. The van der Waals surface area contributed by atoms with Crippen molar-refractivity contribution in [3.63, 3.8) is 0 Å². The average molecular weight is 335 g/mol. The Balaban J connectivity index is 1.77. The van der Waals surface area contributed by atoms with Crippen molar-refractivity contribution in [2.45, 2.75) is 18.5 Å². The molecule has 2 amide bonds. The third-order valence-corrected chi connectivity index (χ3v) is 5.27. The van der Waals surface area contributed by atoms with Crippen molar-refractivity contribution >= 4 is 22.7 Å². The normalized spacial score (nSPS) is 23.1. The van der Waals surface area contributed by atoms with Crippen LogP contribution >= 0.6 is 0 Å². The molecule has 2 aliphatic heterocycles. The zero-order valence-electron chi connectivity index (χ0n) is 13.7. The Morgan fingerprint density at radius 2 is 2.00 bits per heavy atom. The molecule has 0 spiro atoms. The van der Waals surface area contributed by atoms with Crippen LogP contribution in [0, 0.1) is 0 Å². The van der Waals surface area contributed by atoms with E-state index in [1.165, 1.54) is 4.90 Å². The zero-order chi connectivity index (χ0) is 17.1. The minimum atomic E-state index is -0.493. The van der Waals surface area contributed by atoms with Gasteiger partial charge in [0, 0.05) is 24.4 Å². The molecule has 0 saturated carbocycles. The lowest BCUT2D eigenvalue weighted by atomic mass is 9.88. The highest BCUT2D eigenvalue weighted by atomic mass is 16.3. The molecule has 6 heteroatoms. The van der Waals surface area contributed by atoms with Gasteiger partial charge < -0.3 is 19.2 Å². The van der Waals surface area contributed by atoms with Crippen molar-refractivity contribution in [3.8, 4) is 0 Å². The van der Waals surface area contributed by atoms with Gasteiger partial charge in [0.15, 0.2) is 0 Å². The van der Waals surface area contributed by atoms with Gasteiger partial charge in [0.2, 0.25) is 11.8 Å². The van der Waals surface area contributed by atoms with Gasteiger partial charge in [0.1, 0.15) is 17.8 Å². The first-order chi connectivity index (χ1) is 12.1. The molecule has 1 aromatic carbocycles. The van der Waals surface area contributed by atoms with E-state index >= 15 is 0 Å². The molecule has 6 nitrogen and oxygen atoms in total. The number of likely N-dealkylation sites (N-methyl/N-ethyl adjacent to an activating group) is 1. The number of nitrogens with one attached hydrogen (secondary N) is 1. The van der Waals surface area contributed by atoms with Crippen LogP contribution in [0.15, 0.2) is 47.1 Å². The number of amides is 2. The number of para-hydroxylation sites is 1. The molecule has 1 saturated heterocycles.